The first kappa shape index (κ1) is 14.4. The minimum absolute atomic E-state index is 0.250. The van der Waals surface area contributed by atoms with Crippen molar-refractivity contribution in [1.29, 1.82) is 0 Å². The highest BCUT2D eigenvalue weighted by Gasteiger charge is 2.13. The van der Waals surface area contributed by atoms with Gasteiger partial charge in [-0.05, 0) is 17.7 Å². The van der Waals surface area contributed by atoms with Gasteiger partial charge in [-0.15, -0.1) is 0 Å². The number of ether oxygens (including phenoxy) is 2. The highest BCUT2D eigenvalue weighted by atomic mass is 16.7. The number of benzene rings is 1. The SMILES string of the molecule is Cn1cc(CNCc2ccc3c(c2)OCO3)c(=O)n(C)c1=O. The average Bonchev–Trinajstić information content (AvgIpc) is 2.98. The number of fused-ring (bicyclic) bond motifs is 1. The molecule has 0 bridgehead atoms. The number of rotatable bonds is 4. The number of nitrogens with zero attached hydrogens (tertiary/aromatic N) is 2. The number of aromatic nitrogens is 2. The van der Waals surface area contributed by atoms with Crippen LogP contribution in [-0.4, -0.2) is 15.9 Å². The molecule has 7 nitrogen and oxygen atoms in total. The molecule has 1 N–H and O–H groups in total. The fourth-order valence-corrected chi connectivity index (χ4v) is 2.40. The lowest BCUT2D eigenvalue weighted by Crippen LogP contribution is -2.39. The van der Waals surface area contributed by atoms with Gasteiger partial charge in [-0.3, -0.25) is 9.36 Å². The summed E-state index contributed by atoms with van der Waals surface area (Å²) in [5, 5.41) is 3.20. The summed E-state index contributed by atoms with van der Waals surface area (Å²) in [4.78, 5) is 23.6. The van der Waals surface area contributed by atoms with Crippen LogP contribution >= 0.6 is 0 Å². The summed E-state index contributed by atoms with van der Waals surface area (Å²) in [6.45, 7) is 1.22. The van der Waals surface area contributed by atoms with Crippen molar-refractivity contribution in [1.82, 2.24) is 14.5 Å². The summed E-state index contributed by atoms with van der Waals surface area (Å²) in [5.41, 5.74) is 0.974. The second-order valence-corrected chi connectivity index (χ2v) is 5.20. The van der Waals surface area contributed by atoms with Gasteiger partial charge in [-0.1, -0.05) is 6.07 Å². The van der Waals surface area contributed by atoms with Crippen LogP contribution in [0.4, 0.5) is 0 Å². The van der Waals surface area contributed by atoms with Gasteiger partial charge < -0.3 is 19.4 Å². The molecular formula is C15H17N3O4. The topological polar surface area (TPSA) is 74.5 Å². The summed E-state index contributed by atoms with van der Waals surface area (Å²) in [7, 11) is 3.11. The van der Waals surface area contributed by atoms with Crippen LogP contribution in [0.5, 0.6) is 11.5 Å². The van der Waals surface area contributed by atoms with Gasteiger partial charge in [0.1, 0.15) is 0 Å². The average molecular weight is 303 g/mol. The molecule has 7 heteroatoms. The maximum absolute atomic E-state index is 12.0. The van der Waals surface area contributed by atoms with E-state index in [1.165, 1.54) is 11.6 Å². The number of hydrogen-bond acceptors (Lipinski definition) is 5. The Morgan fingerprint density at radius 3 is 2.73 bits per heavy atom. The molecule has 1 aliphatic heterocycles. The Balaban J connectivity index is 1.69. The first-order valence-corrected chi connectivity index (χ1v) is 6.91. The van der Waals surface area contributed by atoms with Crippen LogP contribution in [-0.2, 0) is 27.2 Å². The van der Waals surface area contributed by atoms with Crippen LogP contribution in [0.2, 0.25) is 0 Å². The zero-order chi connectivity index (χ0) is 15.7. The third kappa shape index (κ3) is 2.62. The molecule has 0 spiro atoms. The van der Waals surface area contributed by atoms with E-state index in [-0.39, 0.29) is 18.0 Å². The van der Waals surface area contributed by atoms with E-state index >= 15 is 0 Å². The second-order valence-electron chi connectivity index (χ2n) is 5.20. The molecule has 1 aromatic heterocycles. The van der Waals surface area contributed by atoms with E-state index in [1.54, 1.807) is 13.2 Å². The van der Waals surface area contributed by atoms with Crippen LogP contribution in [0, 0.1) is 0 Å². The Morgan fingerprint density at radius 1 is 1.14 bits per heavy atom. The standard InChI is InChI=1S/C15H17N3O4/c1-17-8-11(14(19)18(2)15(17)20)7-16-6-10-3-4-12-13(5-10)22-9-21-12/h3-5,8,16H,6-7,9H2,1-2H3. The molecule has 3 rings (SSSR count). The van der Waals surface area contributed by atoms with Gasteiger partial charge in [0.15, 0.2) is 11.5 Å². The van der Waals surface area contributed by atoms with Gasteiger partial charge in [0.05, 0.1) is 0 Å². The van der Waals surface area contributed by atoms with Crippen molar-refractivity contribution >= 4 is 0 Å². The van der Waals surface area contributed by atoms with Crippen molar-refractivity contribution in [2.24, 2.45) is 14.1 Å². The zero-order valence-electron chi connectivity index (χ0n) is 12.5. The molecule has 2 aromatic rings. The predicted octanol–water partition coefficient (Wildman–Crippen LogP) is 0.103. The molecule has 2 heterocycles. The van der Waals surface area contributed by atoms with Crippen LogP contribution in [0.15, 0.2) is 34.0 Å². The zero-order valence-corrected chi connectivity index (χ0v) is 12.5. The van der Waals surface area contributed by atoms with E-state index < -0.39 is 0 Å². The lowest BCUT2D eigenvalue weighted by molar-refractivity contribution is 0.174. The van der Waals surface area contributed by atoms with Crippen molar-refractivity contribution in [2.75, 3.05) is 6.79 Å². The Bertz CT molecular complexity index is 823. The third-order valence-corrected chi connectivity index (χ3v) is 3.60. The molecule has 0 saturated carbocycles. The van der Waals surface area contributed by atoms with Gasteiger partial charge in [-0.2, -0.15) is 0 Å². The highest BCUT2D eigenvalue weighted by Crippen LogP contribution is 2.32. The van der Waals surface area contributed by atoms with E-state index in [4.69, 9.17) is 9.47 Å². The van der Waals surface area contributed by atoms with Gasteiger partial charge in [0.25, 0.3) is 5.56 Å². The summed E-state index contributed by atoms with van der Waals surface area (Å²) in [6.07, 6.45) is 1.57. The lowest BCUT2D eigenvalue weighted by atomic mass is 10.2. The maximum Gasteiger partial charge on any atom is 0.330 e. The number of aryl methyl sites for hydroxylation is 1. The second kappa shape index (κ2) is 5.69. The smallest absolute Gasteiger partial charge is 0.330 e. The fraction of sp³-hybridized carbons (Fsp3) is 0.333. The largest absolute Gasteiger partial charge is 0.454 e. The Hall–Kier alpha value is -2.54. The van der Waals surface area contributed by atoms with Crippen LogP contribution in [0.25, 0.3) is 0 Å². The van der Waals surface area contributed by atoms with Crippen molar-refractivity contribution in [2.45, 2.75) is 13.1 Å². The molecule has 1 aromatic carbocycles. The van der Waals surface area contributed by atoms with E-state index in [9.17, 15) is 9.59 Å². The molecule has 0 unspecified atom stereocenters. The molecule has 0 aliphatic carbocycles. The van der Waals surface area contributed by atoms with E-state index in [0.29, 0.717) is 18.7 Å². The van der Waals surface area contributed by atoms with Crippen molar-refractivity contribution in [3.05, 3.63) is 56.4 Å². The molecule has 22 heavy (non-hydrogen) atoms. The normalized spacial score (nSPS) is 12.6. The van der Waals surface area contributed by atoms with Crippen molar-refractivity contribution in [3.63, 3.8) is 0 Å². The highest BCUT2D eigenvalue weighted by molar-refractivity contribution is 5.44. The molecule has 1 aliphatic rings. The van der Waals surface area contributed by atoms with Gasteiger partial charge in [-0.25, -0.2) is 4.79 Å². The molecule has 0 fully saturated rings. The van der Waals surface area contributed by atoms with Gasteiger partial charge in [0.2, 0.25) is 6.79 Å². The first-order valence-electron chi connectivity index (χ1n) is 6.91. The van der Waals surface area contributed by atoms with Gasteiger partial charge in [0, 0.05) is 38.9 Å². The molecule has 0 saturated heterocycles. The van der Waals surface area contributed by atoms with E-state index in [1.807, 2.05) is 18.2 Å². The summed E-state index contributed by atoms with van der Waals surface area (Å²) in [6, 6.07) is 5.72. The van der Waals surface area contributed by atoms with E-state index in [0.717, 1.165) is 21.6 Å². The Kier molecular flexibility index (Phi) is 3.72. The Labute approximate surface area is 126 Å². The summed E-state index contributed by atoms with van der Waals surface area (Å²) < 4.78 is 13.1. The van der Waals surface area contributed by atoms with E-state index in [2.05, 4.69) is 5.32 Å². The Morgan fingerprint density at radius 2 is 1.91 bits per heavy atom. The molecule has 116 valence electrons. The molecule has 0 atom stereocenters. The van der Waals surface area contributed by atoms with Crippen LogP contribution in [0.3, 0.4) is 0 Å². The number of hydrogen-bond donors (Lipinski definition) is 1. The van der Waals surface area contributed by atoms with Crippen molar-refractivity contribution in [3.8, 4) is 11.5 Å². The van der Waals surface area contributed by atoms with Gasteiger partial charge >= 0.3 is 5.69 Å². The third-order valence-electron chi connectivity index (χ3n) is 3.60. The molecular weight excluding hydrogens is 286 g/mol. The monoisotopic (exact) mass is 303 g/mol. The lowest BCUT2D eigenvalue weighted by Gasteiger charge is -2.08. The minimum atomic E-state index is -0.329. The quantitative estimate of drug-likeness (QED) is 0.867. The van der Waals surface area contributed by atoms with Crippen LogP contribution in [0.1, 0.15) is 11.1 Å². The summed E-state index contributed by atoms with van der Waals surface area (Å²) in [5.74, 6) is 1.48. The first-order chi connectivity index (χ1) is 10.6. The fourth-order valence-electron chi connectivity index (χ4n) is 2.40. The van der Waals surface area contributed by atoms with Crippen LogP contribution < -0.4 is 26.0 Å². The molecule has 0 amide bonds. The summed E-state index contributed by atoms with van der Waals surface area (Å²) >= 11 is 0. The van der Waals surface area contributed by atoms with Crippen molar-refractivity contribution < 1.29 is 9.47 Å². The maximum atomic E-state index is 12.0. The number of nitrogens with one attached hydrogen (secondary N) is 1. The molecule has 0 radical (unpaired) electrons. The minimum Gasteiger partial charge on any atom is -0.454 e. The predicted molar refractivity (Wildman–Crippen MR) is 80.0 cm³/mol.